The maximum Gasteiger partial charge on any atom is 0.161 e. The molecule has 0 aliphatic rings. The number of benzene rings is 1. The van der Waals surface area contributed by atoms with E-state index in [1.165, 1.54) is 5.69 Å². The lowest BCUT2D eigenvalue weighted by Gasteiger charge is -2.11. The molecule has 2 aromatic rings. The van der Waals surface area contributed by atoms with Crippen LogP contribution in [0, 0.1) is 0 Å². The van der Waals surface area contributed by atoms with Crippen molar-refractivity contribution in [2.75, 3.05) is 14.2 Å². The molecule has 21 heavy (non-hydrogen) atoms. The van der Waals surface area contributed by atoms with E-state index in [9.17, 15) is 0 Å². The highest BCUT2D eigenvalue weighted by Gasteiger charge is 2.05. The lowest BCUT2D eigenvalue weighted by atomic mass is 10.2. The molecule has 0 unspecified atom stereocenters. The highest BCUT2D eigenvalue weighted by molar-refractivity contribution is 5.42. The topological polar surface area (TPSA) is 48.3 Å². The van der Waals surface area contributed by atoms with Gasteiger partial charge < -0.3 is 14.8 Å². The van der Waals surface area contributed by atoms with Crippen LogP contribution in [0.2, 0.25) is 0 Å². The minimum atomic E-state index is 0.752. The van der Waals surface area contributed by atoms with Gasteiger partial charge in [-0.15, -0.1) is 0 Å². The third-order valence-electron chi connectivity index (χ3n) is 3.32. The molecular formula is C16H23N3O2. The summed E-state index contributed by atoms with van der Waals surface area (Å²) in [5.41, 5.74) is 2.37. The van der Waals surface area contributed by atoms with Gasteiger partial charge in [0, 0.05) is 25.8 Å². The minimum absolute atomic E-state index is 0.752. The van der Waals surface area contributed by atoms with Crippen LogP contribution < -0.4 is 14.8 Å². The quantitative estimate of drug-likeness (QED) is 0.811. The Hall–Kier alpha value is -2.01. The monoisotopic (exact) mass is 289 g/mol. The highest BCUT2D eigenvalue weighted by Crippen LogP contribution is 2.27. The second-order valence-electron chi connectivity index (χ2n) is 4.84. The molecule has 5 nitrogen and oxygen atoms in total. The van der Waals surface area contributed by atoms with Crippen LogP contribution in [0.15, 0.2) is 30.5 Å². The second kappa shape index (κ2) is 7.69. The van der Waals surface area contributed by atoms with Crippen molar-refractivity contribution in [3.63, 3.8) is 0 Å². The third-order valence-corrected chi connectivity index (χ3v) is 3.32. The number of nitrogens with one attached hydrogen (secondary N) is 1. The third kappa shape index (κ3) is 3.98. The van der Waals surface area contributed by atoms with Crippen LogP contribution in [0.25, 0.3) is 0 Å². The molecule has 114 valence electrons. The number of methoxy groups -OCH3 is 2. The molecule has 0 saturated heterocycles. The molecule has 5 heteroatoms. The molecule has 0 amide bonds. The molecular weight excluding hydrogens is 266 g/mol. The van der Waals surface area contributed by atoms with Crippen LogP contribution in [0.1, 0.15) is 24.6 Å². The SMILES string of the molecule is CCCn1nccc1CNCc1ccc(OC)c(OC)c1. The number of ether oxygens (including phenoxy) is 2. The van der Waals surface area contributed by atoms with E-state index in [-0.39, 0.29) is 0 Å². The first-order valence-electron chi connectivity index (χ1n) is 7.20. The molecule has 0 atom stereocenters. The standard InChI is InChI=1S/C16H23N3O2/c1-4-9-19-14(7-8-18-19)12-17-11-13-5-6-15(20-2)16(10-13)21-3/h5-8,10,17H,4,9,11-12H2,1-3H3. The maximum atomic E-state index is 5.31. The first-order valence-corrected chi connectivity index (χ1v) is 7.20. The van der Waals surface area contributed by atoms with Gasteiger partial charge >= 0.3 is 0 Å². The summed E-state index contributed by atoms with van der Waals surface area (Å²) in [5.74, 6) is 1.51. The molecule has 0 fully saturated rings. The van der Waals surface area contributed by atoms with E-state index in [1.807, 2.05) is 29.1 Å². The van der Waals surface area contributed by atoms with Gasteiger partial charge in [-0.2, -0.15) is 5.10 Å². The molecule has 1 aromatic carbocycles. The fourth-order valence-electron chi connectivity index (χ4n) is 2.25. The fourth-order valence-corrected chi connectivity index (χ4v) is 2.25. The predicted molar refractivity (Wildman–Crippen MR) is 82.6 cm³/mol. The molecule has 0 saturated carbocycles. The molecule has 2 rings (SSSR count). The van der Waals surface area contributed by atoms with E-state index in [0.717, 1.165) is 43.1 Å². The van der Waals surface area contributed by atoms with Crippen molar-refractivity contribution in [2.45, 2.75) is 33.0 Å². The number of rotatable bonds is 8. The lowest BCUT2D eigenvalue weighted by Crippen LogP contribution is -2.16. The van der Waals surface area contributed by atoms with Crippen LogP contribution in [-0.4, -0.2) is 24.0 Å². The summed E-state index contributed by atoms with van der Waals surface area (Å²) in [6, 6.07) is 8.02. The Morgan fingerprint density at radius 1 is 1.10 bits per heavy atom. The van der Waals surface area contributed by atoms with Gasteiger partial charge in [-0.25, -0.2) is 0 Å². The Morgan fingerprint density at radius 3 is 2.62 bits per heavy atom. The fraction of sp³-hybridized carbons (Fsp3) is 0.438. The molecule has 0 bridgehead atoms. The second-order valence-corrected chi connectivity index (χ2v) is 4.84. The van der Waals surface area contributed by atoms with Gasteiger partial charge in [0.25, 0.3) is 0 Å². The van der Waals surface area contributed by atoms with Gasteiger partial charge in [0.1, 0.15) is 0 Å². The summed E-state index contributed by atoms with van der Waals surface area (Å²) < 4.78 is 12.6. The number of hydrogen-bond donors (Lipinski definition) is 1. The molecule has 0 aliphatic carbocycles. The molecule has 0 radical (unpaired) electrons. The predicted octanol–water partition coefficient (Wildman–Crippen LogP) is 2.60. The lowest BCUT2D eigenvalue weighted by molar-refractivity contribution is 0.354. The Labute approximate surface area is 125 Å². The maximum absolute atomic E-state index is 5.31. The Kier molecular flexibility index (Phi) is 5.63. The van der Waals surface area contributed by atoms with E-state index >= 15 is 0 Å². The van der Waals surface area contributed by atoms with Crippen molar-refractivity contribution in [1.82, 2.24) is 15.1 Å². The summed E-state index contributed by atoms with van der Waals surface area (Å²) >= 11 is 0. The summed E-state index contributed by atoms with van der Waals surface area (Å²) in [6.07, 6.45) is 2.94. The zero-order chi connectivity index (χ0) is 15.1. The summed E-state index contributed by atoms with van der Waals surface area (Å²) in [7, 11) is 3.29. The van der Waals surface area contributed by atoms with E-state index in [4.69, 9.17) is 9.47 Å². The van der Waals surface area contributed by atoms with Crippen molar-refractivity contribution in [3.05, 3.63) is 41.7 Å². The van der Waals surface area contributed by atoms with E-state index < -0.39 is 0 Å². The van der Waals surface area contributed by atoms with Crippen LogP contribution in [0.3, 0.4) is 0 Å². The summed E-state index contributed by atoms with van der Waals surface area (Å²) in [5, 5.41) is 7.76. The van der Waals surface area contributed by atoms with Crippen LogP contribution in [0.4, 0.5) is 0 Å². The smallest absolute Gasteiger partial charge is 0.161 e. The van der Waals surface area contributed by atoms with E-state index in [1.54, 1.807) is 14.2 Å². The Balaban J connectivity index is 1.92. The van der Waals surface area contributed by atoms with Crippen molar-refractivity contribution in [1.29, 1.82) is 0 Å². The zero-order valence-corrected chi connectivity index (χ0v) is 12.9. The van der Waals surface area contributed by atoms with Crippen molar-refractivity contribution < 1.29 is 9.47 Å². The Bertz CT molecular complexity index is 566. The first-order chi connectivity index (χ1) is 10.3. The van der Waals surface area contributed by atoms with Crippen LogP contribution in [0.5, 0.6) is 11.5 Å². The molecule has 1 N–H and O–H groups in total. The van der Waals surface area contributed by atoms with Gasteiger partial charge in [-0.3, -0.25) is 4.68 Å². The van der Waals surface area contributed by atoms with Gasteiger partial charge in [-0.05, 0) is 30.2 Å². The summed E-state index contributed by atoms with van der Waals surface area (Å²) in [6.45, 7) is 4.69. The van der Waals surface area contributed by atoms with Gasteiger partial charge in [0.05, 0.1) is 19.9 Å². The largest absolute Gasteiger partial charge is 0.493 e. The van der Waals surface area contributed by atoms with Crippen LogP contribution >= 0.6 is 0 Å². The molecule has 0 spiro atoms. The number of aryl methyl sites for hydroxylation is 1. The van der Waals surface area contributed by atoms with E-state index in [0.29, 0.717) is 0 Å². The number of hydrogen-bond acceptors (Lipinski definition) is 4. The average Bonchev–Trinajstić information content (AvgIpc) is 2.95. The van der Waals surface area contributed by atoms with Crippen molar-refractivity contribution in [2.24, 2.45) is 0 Å². The molecule has 1 aromatic heterocycles. The normalized spacial score (nSPS) is 10.6. The summed E-state index contributed by atoms with van der Waals surface area (Å²) in [4.78, 5) is 0. The van der Waals surface area contributed by atoms with Gasteiger partial charge in [-0.1, -0.05) is 13.0 Å². The van der Waals surface area contributed by atoms with Crippen molar-refractivity contribution in [3.8, 4) is 11.5 Å². The minimum Gasteiger partial charge on any atom is -0.493 e. The van der Waals surface area contributed by atoms with E-state index in [2.05, 4.69) is 23.4 Å². The first kappa shape index (κ1) is 15.4. The molecule has 1 heterocycles. The van der Waals surface area contributed by atoms with Crippen LogP contribution in [-0.2, 0) is 19.6 Å². The average molecular weight is 289 g/mol. The Morgan fingerprint density at radius 2 is 1.90 bits per heavy atom. The number of nitrogens with zero attached hydrogens (tertiary/aromatic N) is 2. The van der Waals surface area contributed by atoms with Gasteiger partial charge in [0.2, 0.25) is 0 Å². The molecule has 0 aliphatic heterocycles. The zero-order valence-electron chi connectivity index (χ0n) is 12.9. The van der Waals surface area contributed by atoms with Gasteiger partial charge in [0.15, 0.2) is 11.5 Å². The highest BCUT2D eigenvalue weighted by atomic mass is 16.5. The number of aromatic nitrogens is 2. The van der Waals surface area contributed by atoms with Crippen molar-refractivity contribution >= 4 is 0 Å².